The Morgan fingerprint density at radius 3 is 2.44 bits per heavy atom. The Hall–Kier alpha value is -4.03. The highest BCUT2D eigenvalue weighted by molar-refractivity contribution is 6.30. The first-order valence-electron chi connectivity index (χ1n) is 11.6. The van der Waals surface area contributed by atoms with Gasteiger partial charge in [-0.2, -0.15) is 0 Å². The Labute approximate surface area is 215 Å². The molecule has 1 heterocycles. The van der Waals surface area contributed by atoms with Crippen LogP contribution in [0, 0.1) is 0 Å². The summed E-state index contributed by atoms with van der Waals surface area (Å²) in [6.07, 6.45) is 3.97. The van der Waals surface area contributed by atoms with Crippen molar-refractivity contribution in [3.63, 3.8) is 0 Å². The molecule has 6 nitrogen and oxygen atoms in total. The molecule has 0 atom stereocenters. The van der Waals surface area contributed by atoms with Crippen LogP contribution in [0.5, 0.6) is 11.5 Å². The Morgan fingerprint density at radius 1 is 1.00 bits per heavy atom. The van der Waals surface area contributed by atoms with Gasteiger partial charge in [-0.1, -0.05) is 60.1 Å². The van der Waals surface area contributed by atoms with Gasteiger partial charge in [-0.3, -0.25) is 9.69 Å². The van der Waals surface area contributed by atoms with E-state index in [9.17, 15) is 9.59 Å². The molecule has 0 aromatic heterocycles. The minimum atomic E-state index is -0.450. The first-order valence-corrected chi connectivity index (χ1v) is 12.0. The molecule has 3 aromatic rings. The number of nitrogens with zero attached hydrogens (tertiary/aromatic N) is 1. The van der Waals surface area contributed by atoms with E-state index in [4.69, 9.17) is 21.1 Å². The maximum atomic E-state index is 13.0. The van der Waals surface area contributed by atoms with Gasteiger partial charge in [0, 0.05) is 10.6 Å². The standard InChI is InChI=1S/C29H27ClN2O4/c1-3-8-23-15-22(16-25-28(33)32(29(34)31-25)18-20-9-6-5-7-10-20)17-26(35-4-2)27(23)36-19-21-11-13-24(30)14-12-21/h3,5-7,9-17H,1,4,8,18-19H2,2H3,(H,31,34)/b25-16+. The molecule has 0 aliphatic carbocycles. The van der Waals surface area contributed by atoms with E-state index in [1.165, 1.54) is 4.90 Å². The van der Waals surface area contributed by atoms with Crippen molar-refractivity contribution in [1.82, 2.24) is 10.2 Å². The predicted octanol–water partition coefficient (Wildman–Crippen LogP) is 6.14. The first-order chi connectivity index (χ1) is 17.5. The van der Waals surface area contributed by atoms with E-state index in [1.807, 2.05) is 67.6 Å². The fourth-order valence-electron chi connectivity index (χ4n) is 3.88. The van der Waals surface area contributed by atoms with Gasteiger partial charge in [0.05, 0.1) is 13.2 Å². The van der Waals surface area contributed by atoms with Gasteiger partial charge in [0.15, 0.2) is 11.5 Å². The van der Waals surface area contributed by atoms with E-state index in [1.54, 1.807) is 18.2 Å². The van der Waals surface area contributed by atoms with Crippen LogP contribution in [0.3, 0.4) is 0 Å². The summed E-state index contributed by atoms with van der Waals surface area (Å²) in [5.74, 6) is 0.784. The van der Waals surface area contributed by atoms with Crippen LogP contribution in [0.4, 0.5) is 4.79 Å². The lowest BCUT2D eigenvalue weighted by Crippen LogP contribution is -2.30. The third-order valence-corrected chi connectivity index (χ3v) is 5.82. The summed E-state index contributed by atoms with van der Waals surface area (Å²) in [6, 6.07) is 20.1. The lowest BCUT2D eigenvalue weighted by molar-refractivity contribution is -0.123. The quantitative estimate of drug-likeness (QED) is 0.205. The lowest BCUT2D eigenvalue weighted by atomic mass is 10.0. The minimum Gasteiger partial charge on any atom is -0.490 e. The number of imide groups is 1. The fourth-order valence-corrected chi connectivity index (χ4v) is 4.01. The highest BCUT2D eigenvalue weighted by Gasteiger charge is 2.33. The number of nitrogens with one attached hydrogen (secondary N) is 1. The van der Waals surface area contributed by atoms with Crippen LogP contribution in [0.1, 0.15) is 29.2 Å². The average Bonchev–Trinajstić information content (AvgIpc) is 3.13. The monoisotopic (exact) mass is 502 g/mol. The molecule has 1 aliphatic rings. The van der Waals surface area contributed by atoms with Gasteiger partial charge in [-0.15, -0.1) is 6.58 Å². The number of allylic oxidation sites excluding steroid dienone is 1. The molecule has 0 bridgehead atoms. The van der Waals surface area contributed by atoms with E-state index >= 15 is 0 Å². The second kappa shape index (κ2) is 11.6. The van der Waals surface area contributed by atoms with Crippen molar-refractivity contribution in [2.24, 2.45) is 0 Å². The zero-order valence-electron chi connectivity index (χ0n) is 20.0. The van der Waals surface area contributed by atoms with E-state index in [0.717, 1.165) is 16.7 Å². The largest absolute Gasteiger partial charge is 0.490 e. The molecule has 0 saturated carbocycles. The SMILES string of the molecule is C=CCc1cc(/C=C2/NC(=O)N(Cc3ccccc3)C2=O)cc(OCC)c1OCc1ccc(Cl)cc1. The molecule has 1 saturated heterocycles. The molecular weight excluding hydrogens is 476 g/mol. The maximum absolute atomic E-state index is 13.0. The van der Waals surface area contributed by atoms with Gasteiger partial charge in [0.1, 0.15) is 12.3 Å². The molecule has 3 amide bonds. The van der Waals surface area contributed by atoms with Crippen molar-refractivity contribution in [1.29, 1.82) is 0 Å². The zero-order chi connectivity index (χ0) is 25.5. The molecule has 1 aliphatic heterocycles. The number of amides is 3. The molecule has 184 valence electrons. The molecule has 7 heteroatoms. The van der Waals surface area contributed by atoms with Crippen LogP contribution in [-0.4, -0.2) is 23.4 Å². The Kier molecular flexibility index (Phi) is 8.08. The number of hydrogen-bond donors (Lipinski definition) is 1. The van der Waals surface area contributed by atoms with E-state index in [0.29, 0.717) is 41.7 Å². The van der Waals surface area contributed by atoms with E-state index < -0.39 is 6.03 Å². The van der Waals surface area contributed by atoms with Crippen LogP contribution in [0.25, 0.3) is 6.08 Å². The van der Waals surface area contributed by atoms with Crippen molar-refractivity contribution in [3.8, 4) is 11.5 Å². The minimum absolute atomic E-state index is 0.201. The van der Waals surface area contributed by atoms with Crippen LogP contribution < -0.4 is 14.8 Å². The highest BCUT2D eigenvalue weighted by atomic mass is 35.5. The molecule has 0 radical (unpaired) electrons. The van der Waals surface area contributed by atoms with Gasteiger partial charge < -0.3 is 14.8 Å². The number of ether oxygens (including phenoxy) is 2. The van der Waals surface area contributed by atoms with Gasteiger partial charge in [-0.25, -0.2) is 4.79 Å². The normalized spacial score (nSPS) is 14.2. The zero-order valence-corrected chi connectivity index (χ0v) is 20.8. The number of carbonyl (C=O) groups excluding carboxylic acids is 2. The number of rotatable bonds is 10. The second-order valence-electron chi connectivity index (χ2n) is 8.21. The molecule has 0 unspecified atom stereocenters. The number of urea groups is 1. The molecule has 1 N–H and O–H groups in total. The van der Waals surface area contributed by atoms with Gasteiger partial charge in [-0.05, 0) is 60.4 Å². The molecule has 4 rings (SSSR count). The molecule has 36 heavy (non-hydrogen) atoms. The Morgan fingerprint density at radius 2 is 1.75 bits per heavy atom. The number of hydrogen-bond acceptors (Lipinski definition) is 4. The molecular formula is C29H27ClN2O4. The summed E-state index contributed by atoms with van der Waals surface area (Å²) in [6.45, 7) is 6.73. The summed E-state index contributed by atoms with van der Waals surface area (Å²) in [4.78, 5) is 26.7. The number of carbonyl (C=O) groups is 2. The van der Waals surface area contributed by atoms with Crippen molar-refractivity contribution in [3.05, 3.63) is 112 Å². The molecule has 1 fully saturated rings. The molecule has 0 spiro atoms. The number of halogens is 1. The smallest absolute Gasteiger partial charge is 0.329 e. The van der Waals surface area contributed by atoms with Crippen molar-refractivity contribution >= 4 is 29.6 Å². The van der Waals surface area contributed by atoms with E-state index in [-0.39, 0.29) is 18.1 Å². The topological polar surface area (TPSA) is 67.9 Å². The summed E-state index contributed by atoms with van der Waals surface area (Å²) in [7, 11) is 0. The van der Waals surface area contributed by atoms with Gasteiger partial charge in [0.2, 0.25) is 0 Å². The van der Waals surface area contributed by atoms with Crippen LogP contribution >= 0.6 is 11.6 Å². The Bertz CT molecular complexity index is 1290. The summed E-state index contributed by atoms with van der Waals surface area (Å²) >= 11 is 5.99. The third-order valence-electron chi connectivity index (χ3n) is 5.57. The predicted molar refractivity (Wildman–Crippen MR) is 141 cm³/mol. The Balaban J connectivity index is 1.61. The summed E-state index contributed by atoms with van der Waals surface area (Å²) < 4.78 is 12.1. The van der Waals surface area contributed by atoms with Crippen molar-refractivity contribution in [2.45, 2.75) is 26.5 Å². The fraction of sp³-hybridized carbons (Fsp3) is 0.172. The van der Waals surface area contributed by atoms with E-state index in [2.05, 4.69) is 11.9 Å². The third kappa shape index (κ3) is 5.96. The first kappa shape index (κ1) is 25.1. The molecule has 3 aromatic carbocycles. The van der Waals surface area contributed by atoms with Crippen LogP contribution in [-0.2, 0) is 24.4 Å². The van der Waals surface area contributed by atoms with Crippen molar-refractivity contribution < 1.29 is 19.1 Å². The highest BCUT2D eigenvalue weighted by Crippen LogP contribution is 2.35. The van der Waals surface area contributed by atoms with Crippen LogP contribution in [0.2, 0.25) is 5.02 Å². The van der Waals surface area contributed by atoms with Crippen molar-refractivity contribution in [2.75, 3.05) is 6.61 Å². The summed E-state index contributed by atoms with van der Waals surface area (Å²) in [5.41, 5.74) is 3.61. The average molecular weight is 503 g/mol. The van der Waals surface area contributed by atoms with Gasteiger partial charge in [0.25, 0.3) is 5.91 Å². The second-order valence-corrected chi connectivity index (χ2v) is 8.65. The van der Waals surface area contributed by atoms with Gasteiger partial charge >= 0.3 is 6.03 Å². The van der Waals surface area contributed by atoms with Crippen LogP contribution in [0.15, 0.2) is 85.1 Å². The lowest BCUT2D eigenvalue weighted by Gasteiger charge is -2.17. The summed E-state index contributed by atoms with van der Waals surface area (Å²) in [5, 5.41) is 3.35. The number of benzene rings is 3. The maximum Gasteiger partial charge on any atom is 0.329 e.